The Hall–Kier alpha value is -3.15. The predicted octanol–water partition coefficient (Wildman–Crippen LogP) is 3.67. The molecule has 128 valence electrons. The summed E-state index contributed by atoms with van der Waals surface area (Å²) in [5.41, 5.74) is 4.21. The van der Waals surface area contributed by atoms with Crippen LogP contribution in [0.15, 0.2) is 47.1 Å². The van der Waals surface area contributed by atoms with Crippen LogP contribution >= 0.6 is 0 Å². The average Bonchev–Trinajstić information content (AvgIpc) is 3.04. The molecule has 0 saturated carbocycles. The monoisotopic (exact) mass is 336 g/mol. The van der Waals surface area contributed by atoms with Gasteiger partial charge >= 0.3 is 0 Å². The molecule has 2 aromatic heterocycles. The van der Waals surface area contributed by atoms with Gasteiger partial charge in [-0.05, 0) is 62.2 Å². The van der Waals surface area contributed by atoms with Gasteiger partial charge in [-0.25, -0.2) is 9.97 Å². The Morgan fingerprint density at radius 2 is 1.84 bits per heavy atom. The van der Waals surface area contributed by atoms with Crippen LogP contribution in [0, 0.1) is 20.8 Å². The Labute approximate surface area is 146 Å². The first kappa shape index (κ1) is 16.7. The van der Waals surface area contributed by atoms with Crippen LogP contribution in [-0.2, 0) is 6.54 Å². The number of aromatic nitrogens is 2. The van der Waals surface area contributed by atoms with E-state index in [1.54, 1.807) is 24.5 Å². The quantitative estimate of drug-likeness (QED) is 0.743. The lowest BCUT2D eigenvalue weighted by atomic mass is 10.1. The minimum absolute atomic E-state index is 0.273. The second-order valence-corrected chi connectivity index (χ2v) is 5.98. The molecule has 0 unspecified atom stereocenters. The molecule has 6 heteroatoms. The Bertz CT molecular complexity index is 868. The topological polar surface area (TPSA) is 80.0 Å². The maximum Gasteiger partial charge on any atom is 0.270 e. The Morgan fingerprint density at radius 3 is 2.52 bits per heavy atom. The third kappa shape index (κ3) is 4.44. The fourth-order valence-corrected chi connectivity index (χ4v) is 2.59. The van der Waals surface area contributed by atoms with Crippen molar-refractivity contribution in [2.75, 3.05) is 5.32 Å². The summed E-state index contributed by atoms with van der Waals surface area (Å²) in [5, 5.41) is 5.96. The molecule has 0 fully saturated rings. The van der Waals surface area contributed by atoms with Crippen molar-refractivity contribution in [2.24, 2.45) is 0 Å². The van der Waals surface area contributed by atoms with Crippen molar-refractivity contribution in [3.05, 3.63) is 70.9 Å². The van der Waals surface area contributed by atoms with Crippen molar-refractivity contribution < 1.29 is 9.21 Å². The molecule has 0 aliphatic carbocycles. The standard InChI is InChI=1S/C19H20N4O2/c1-12-7-13(2)9-15(8-12)22-19-21-14(3)10-17(23-19)18(24)20-11-16-5-4-6-25-16/h4-10H,11H2,1-3H3,(H,20,24)(H,21,22,23). The van der Waals surface area contributed by atoms with Gasteiger partial charge in [-0.3, -0.25) is 4.79 Å². The minimum Gasteiger partial charge on any atom is -0.467 e. The molecule has 3 aromatic rings. The summed E-state index contributed by atoms with van der Waals surface area (Å²) in [4.78, 5) is 21.0. The van der Waals surface area contributed by atoms with E-state index in [1.165, 1.54) is 0 Å². The molecule has 0 spiro atoms. The van der Waals surface area contributed by atoms with Gasteiger partial charge in [0, 0.05) is 11.4 Å². The highest BCUT2D eigenvalue weighted by atomic mass is 16.3. The first-order valence-corrected chi connectivity index (χ1v) is 8.01. The van der Waals surface area contributed by atoms with Crippen molar-refractivity contribution in [3.8, 4) is 0 Å². The molecular formula is C19H20N4O2. The first-order chi connectivity index (χ1) is 12.0. The fraction of sp³-hybridized carbons (Fsp3) is 0.211. The van der Waals surface area contributed by atoms with Gasteiger partial charge in [0.1, 0.15) is 11.5 Å². The Kier molecular flexibility index (Phi) is 4.79. The summed E-state index contributed by atoms with van der Waals surface area (Å²) >= 11 is 0. The van der Waals surface area contributed by atoms with Gasteiger partial charge in [-0.1, -0.05) is 6.07 Å². The van der Waals surface area contributed by atoms with E-state index in [-0.39, 0.29) is 5.91 Å². The summed E-state index contributed by atoms with van der Waals surface area (Å²) in [5.74, 6) is 0.811. The third-order valence-corrected chi connectivity index (χ3v) is 3.57. The average molecular weight is 336 g/mol. The second-order valence-electron chi connectivity index (χ2n) is 5.98. The Balaban J connectivity index is 1.76. The van der Waals surface area contributed by atoms with E-state index >= 15 is 0 Å². The SMILES string of the molecule is Cc1cc(C)cc(Nc2nc(C)cc(C(=O)NCc3ccco3)n2)c1. The number of anilines is 2. The number of hydrogen-bond donors (Lipinski definition) is 2. The number of furan rings is 1. The van der Waals surface area contributed by atoms with E-state index in [1.807, 2.05) is 32.9 Å². The maximum atomic E-state index is 12.3. The maximum absolute atomic E-state index is 12.3. The lowest BCUT2D eigenvalue weighted by Gasteiger charge is -2.10. The van der Waals surface area contributed by atoms with Gasteiger partial charge in [0.2, 0.25) is 5.95 Å². The molecule has 0 bridgehead atoms. The number of carbonyl (C=O) groups excluding carboxylic acids is 1. The number of benzene rings is 1. The zero-order valence-corrected chi connectivity index (χ0v) is 14.5. The Morgan fingerprint density at radius 1 is 1.08 bits per heavy atom. The third-order valence-electron chi connectivity index (χ3n) is 3.57. The summed E-state index contributed by atoms with van der Waals surface area (Å²) in [6.45, 7) is 6.21. The van der Waals surface area contributed by atoms with E-state index in [4.69, 9.17) is 4.42 Å². The van der Waals surface area contributed by atoms with E-state index in [2.05, 4.69) is 26.7 Å². The van der Waals surface area contributed by atoms with Crippen LogP contribution < -0.4 is 10.6 Å². The highest BCUT2D eigenvalue weighted by Gasteiger charge is 2.11. The molecule has 2 N–H and O–H groups in total. The fourth-order valence-electron chi connectivity index (χ4n) is 2.59. The number of hydrogen-bond acceptors (Lipinski definition) is 5. The highest BCUT2D eigenvalue weighted by molar-refractivity contribution is 5.92. The van der Waals surface area contributed by atoms with Crippen LogP contribution in [0.2, 0.25) is 0 Å². The van der Waals surface area contributed by atoms with Gasteiger partial charge in [-0.15, -0.1) is 0 Å². The molecule has 25 heavy (non-hydrogen) atoms. The van der Waals surface area contributed by atoms with Crippen molar-refractivity contribution in [3.63, 3.8) is 0 Å². The summed E-state index contributed by atoms with van der Waals surface area (Å²) < 4.78 is 5.21. The molecule has 3 rings (SSSR count). The van der Waals surface area contributed by atoms with E-state index in [9.17, 15) is 4.79 Å². The number of carbonyl (C=O) groups is 1. The largest absolute Gasteiger partial charge is 0.467 e. The number of amides is 1. The van der Waals surface area contributed by atoms with Crippen LogP contribution in [0.25, 0.3) is 0 Å². The van der Waals surface area contributed by atoms with Crippen LogP contribution in [0.3, 0.4) is 0 Å². The number of nitrogens with one attached hydrogen (secondary N) is 2. The lowest BCUT2D eigenvalue weighted by Crippen LogP contribution is -2.24. The van der Waals surface area contributed by atoms with Gasteiger partial charge in [0.15, 0.2) is 0 Å². The van der Waals surface area contributed by atoms with Gasteiger partial charge in [-0.2, -0.15) is 0 Å². The molecule has 1 amide bonds. The number of nitrogens with zero attached hydrogens (tertiary/aromatic N) is 2. The summed E-state index contributed by atoms with van der Waals surface area (Å²) in [7, 11) is 0. The summed E-state index contributed by atoms with van der Waals surface area (Å²) in [6.07, 6.45) is 1.57. The molecule has 1 aromatic carbocycles. The van der Waals surface area contributed by atoms with Crippen LogP contribution in [-0.4, -0.2) is 15.9 Å². The van der Waals surface area contributed by atoms with Crippen LogP contribution in [0.5, 0.6) is 0 Å². The summed E-state index contributed by atoms with van der Waals surface area (Å²) in [6, 6.07) is 11.4. The zero-order chi connectivity index (χ0) is 17.8. The van der Waals surface area contributed by atoms with Crippen molar-refractivity contribution in [1.29, 1.82) is 0 Å². The van der Waals surface area contributed by atoms with E-state index in [0.29, 0.717) is 29.6 Å². The molecule has 6 nitrogen and oxygen atoms in total. The molecule has 0 atom stereocenters. The molecular weight excluding hydrogens is 316 g/mol. The molecule has 0 aliphatic rings. The van der Waals surface area contributed by atoms with Gasteiger partial charge < -0.3 is 15.1 Å². The first-order valence-electron chi connectivity index (χ1n) is 8.01. The molecule has 0 saturated heterocycles. The smallest absolute Gasteiger partial charge is 0.270 e. The second kappa shape index (κ2) is 7.17. The van der Waals surface area contributed by atoms with Crippen molar-refractivity contribution in [1.82, 2.24) is 15.3 Å². The normalized spacial score (nSPS) is 10.5. The van der Waals surface area contributed by atoms with Gasteiger partial charge in [0.05, 0.1) is 12.8 Å². The molecule has 0 radical (unpaired) electrons. The minimum atomic E-state index is -0.273. The number of rotatable bonds is 5. The zero-order valence-electron chi connectivity index (χ0n) is 14.5. The van der Waals surface area contributed by atoms with Crippen molar-refractivity contribution >= 4 is 17.5 Å². The van der Waals surface area contributed by atoms with Crippen molar-refractivity contribution in [2.45, 2.75) is 27.3 Å². The van der Waals surface area contributed by atoms with Crippen LogP contribution in [0.4, 0.5) is 11.6 Å². The molecule has 2 heterocycles. The van der Waals surface area contributed by atoms with E-state index < -0.39 is 0 Å². The predicted molar refractivity (Wildman–Crippen MR) is 95.8 cm³/mol. The van der Waals surface area contributed by atoms with Gasteiger partial charge in [0.25, 0.3) is 5.91 Å². The number of aryl methyl sites for hydroxylation is 3. The molecule has 0 aliphatic heterocycles. The lowest BCUT2D eigenvalue weighted by molar-refractivity contribution is 0.0943. The van der Waals surface area contributed by atoms with Crippen LogP contribution in [0.1, 0.15) is 33.1 Å². The highest BCUT2D eigenvalue weighted by Crippen LogP contribution is 2.18. The van der Waals surface area contributed by atoms with E-state index in [0.717, 1.165) is 16.8 Å².